The number of benzene rings is 4. The van der Waals surface area contributed by atoms with Gasteiger partial charge in [0.15, 0.2) is 0 Å². The van der Waals surface area contributed by atoms with E-state index in [1.807, 2.05) is 67.6 Å². The first-order chi connectivity index (χ1) is 15.4. The Morgan fingerprint density at radius 1 is 0.781 bits per heavy atom. The van der Waals surface area contributed by atoms with Crippen molar-refractivity contribution in [2.45, 2.75) is 13.8 Å². The van der Waals surface area contributed by atoms with Crippen LogP contribution in [-0.4, -0.2) is 18.4 Å². The Bertz CT molecular complexity index is 1320. The molecular weight excluding hydrogens is 443 g/mol. The molecule has 4 rings (SSSR count). The van der Waals surface area contributed by atoms with Crippen LogP contribution in [0.25, 0.3) is 33.0 Å². The van der Waals surface area contributed by atoms with Crippen molar-refractivity contribution in [2.24, 2.45) is 0 Å². The fraction of sp³-hybridized carbons (Fsp3) is 0.111. The van der Waals surface area contributed by atoms with Gasteiger partial charge < -0.3 is 4.74 Å². The number of esters is 1. The third-order valence-corrected chi connectivity index (χ3v) is 5.84. The van der Waals surface area contributed by atoms with Crippen molar-refractivity contribution in [3.63, 3.8) is 0 Å². The molecule has 0 atom stereocenters. The maximum absolute atomic E-state index is 13.1. The molecule has 0 saturated carbocycles. The SMILES string of the molecule is CCOC(=O)C(=O)c1c(C)cc2ccc(-c3ccc(Cl)cc3)cc2c1-c1ccc(Cl)cc1. The topological polar surface area (TPSA) is 43.4 Å². The molecule has 0 spiro atoms. The van der Waals surface area contributed by atoms with E-state index in [-0.39, 0.29) is 6.61 Å². The molecule has 0 fully saturated rings. The van der Waals surface area contributed by atoms with Gasteiger partial charge in [0, 0.05) is 21.2 Å². The number of hydrogen-bond acceptors (Lipinski definition) is 3. The molecule has 0 bridgehead atoms. The van der Waals surface area contributed by atoms with Crippen LogP contribution in [0.5, 0.6) is 0 Å². The van der Waals surface area contributed by atoms with Crippen molar-refractivity contribution in [1.29, 1.82) is 0 Å². The first-order valence-electron chi connectivity index (χ1n) is 10.2. The first-order valence-corrected chi connectivity index (χ1v) is 11.0. The molecule has 32 heavy (non-hydrogen) atoms. The predicted octanol–water partition coefficient (Wildman–Crippen LogP) is 7.53. The summed E-state index contributed by atoms with van der Waals surface area (Å²) in [6, 6.07) is 22.8. The smallest absolute Gasteiger partial charge is 0.379 e. The highest BCUT2D eigenvalue weighted by Gasteiger charge is 2.25. The standard InChI is InChI=1S/C27H20Cl2O3/c1-3-32-27(31)26(30)24-16(2)14-20-5-4-19(17-6-10-21(28)11-7-17)15-23(20)25(24)18-8-12-22(29)13-9-18/h4-15H,3H2,1-2H3. The number of carbonyl (C=O) groups excluding carboxylic acids is 2. The predicted molar refractivity (Wildman–Crippen MR) is 131 cm³/mol. The van der Waals surface area contributed by atoms with Crippen molar-refractivity contribution < 1.29 is 14.3 Å². The van der Waals surface area contributed by atoms with Gasteiger partial charge in [-0.15, -0.1) is 0 Å². The van der Waals surface area contributed by atoms with Crippen LogP contribution in [0.2, 0.25) is 10.0 Å². The lowest BCUT2D eigenvalue weighted by molar-refractivity contribution is -0.137. The number of carbonyl (C=O) groups is 2. The van der Waals surface area contributed by atoms with Gasteiger partial charge in [-0.1, -0.05) is 65.7 Å². The number of rotatable bonds is 5. The van der Waals surface area contributed by atoms with E-state index in [0.717, 1.165) is 27.5 Å². The van der Waals surface area contributed by atoms with Crippen molar-refractivity contribution in [2.75, 3.05) is 6.61 Å². The largest absolute Gasteiger partial charge is 0.460 e. The van der Waals surface area contributed by atoms with Gasteiger partial charge >= 0.3 is 5.97 Å². The maximum Gasteiger partial charge on any atom is 0.379 e. The molecule has 0 aromatic heterocycles. The molecule has 0 aliphatic rings. The van der Waals surface area contributed by atoms with E-state index < -0.39 is 11.8 Å². The van der Waals surface area contributed by atoms with Crippen LogP contribution in [0.15, 0.2) is 72.8 Å². The molecule has 0 unspecified atom stereocenters. The number of Topliss-reactive ketones (excluding diaryl/α,β-unsaturated/α-hetero) is 1. The van der Waals surface area contributed by atoms with E-state index in [1.54, 1.807) is 19.1 Å². The highest BCUT2D eigenvalue weighted by atomic mass is 35.5. The van der Waals surface area contributed by atoms with Gasteiger partial charge in [-0.3, -0.25) is 4.79 Å². The zero-order chi connectivity index (χ0) is 22.8. The second kappa shape index (κ2) is 9.15. The number of fused-ring (bicyclic) bond motifs is 1. The van der Waals surface area contributed by atoms with Gasteiger partial charge in [-0.2, -0.15) is 0 Å². The average molecular weight is 463 g/mol. The molecular formula is C27H20Cl2O3. The van der Waals surface area contributed by atoms with Gasteiger partial charge in [-0.25, -0.2) is 4.79 Å². The molecule has 160 valence electrons. The molecule has 0 N–H and O–H groups in total. The minimum absolute atomic E-state index is 0.133. The summed E-state index contributed by atoms with van der Waals surface area (Å²) in [5, 5.41) is 3.07. The zero-order valence-corrected chi connectivity index (χ0v) is 19.1. The Morgan fingerprint density at radius 3 is 1.94 bits per heavy atom. The van der Waals surface area contributed by atoms with Crippen LogP contribution in [0.3, 0.4) is 0 Å². The molecule has 0 aliphatic heterocycles. The van der Waals surface area contributed by atoms with Crippen LogP contribution < -0.4 is 0 Å². The lowest BCUT2D eigenvalue weighted by atomic mass is 9.87. The summed E-state index contributed by atoms with van der Waals surface area (Å²) >= 11 is 12.2. The van der Waals surface area contributed by atoms with Crippen molar-refractivity contribution in [3.05, 3.63) is 94.0 Å². The highest BCUT2D eigenvalue weighted by Crippen LogP contribution is 2.38. The maximum atomic E-state index is 13.1. The summed E-state index contributed by atoms with van der Waals surface area (Å²) in [4.78, 5) is 25.5. The first kappa shape index (κ1) is 22.1. The highest BCUT2D eigenvalue weighted by molar-refractivity contribution is 6.43. The molecule has 0 radical (unpaired) electrons. The average Bonchev–Trinajstić information content (AvgIpc) is 2.79. The van der Waals surface area contributed by atoms with E-state index in [1.165, 1.54) is 0 Å². The van der Waals surface area contributed by atoms with Crippen LogP contribution in [0, 0.1) is 6.92 Å². The van der Waals surface area contributed by atoms with E-state index in [2.05, 4.69) is 0 Å². The number of halogens is 2. The van der Waals surface area contributed by atoms with Gasteiger partial charge in [0.1, 0.15) is 0 Å². The molecule has 5 heteroatoms. The minimum atomic E-state index is -0.862. The van der Waals surface area contributed by atoms with Gasteiger partial charge in [0.25, 0.3) is 5.78 Å². The Kier molecular flexibility index (Phi) is 6.31. The van der Waals surface area contributed by atoms with Crippen LogP contribution in [0.4, 0.5) is 0 Å². The molecule has 4 aromatic carbocycles. The molecule has 0 saturated heterocycles. The summed E-state index contributed by atoms with van der Waals surface area (Å²) in [5.41, 5.74) is 4.50. The Labute approximate surface area is 196 Å². The van der Waals surface area contributed by atoms with E-state index in [9.17, 15) is 9.59 Å². The molecule has 0 heterocycles. The van der Waals surface area contributed by atoms with Crippen LogP contribution in [0.1, 0.15) is 22.8 Å². The lowest BCUT2D eigenvalue weighted by Crippen LogP contribution is -2.19. The molecule has 3 nitrogen and oxygen atoms in total. The summed E-state index contributed by atoms with van der Waals surface area (Å²) < 4.78 is 5.02. The third-order valence-electron chi connectivity index (χ3n) is 5.34. The monoisotopic (exact) mass is 462 g/mol. The van der Waals surface area contributed by atoms with Crippen molar-refractivity contribution in [3.8, 4) is 22.3 Å². The number of ketones is 1. The summed E-state index contributed by atoms with van der Waals surface area (Å²) in [5.74, 6) is -1.52. The fourth-order valence-corrected chi connectivity index (χ4v) is 4.12. The minimum Gasteiger partial charge on any atom is -0.460 e. The fourth-order valence-electron chi connectivity index (χ4n) is 3.87. The molecule has 0 amide bonds. The Balaban J connectivity index is 2.03. The summed E-state index contributed by atoms with van der Waals surface area (Å²) in [7, 11) is 0. The molecule has 0 aliphatic carbocycles. The second-order valence-corrected chi connectivity index (χ2v) is 8.32. The number of ether oxygens (including phenoxy) is 1. The van der Waals surface area contributed by atoms with E-state index in [0.29, 0.717) is 26.7 Å². The van der Waals surface area contributed by atoms with Crippen LogP contribution >= 0.6 is 23.2 Å². The summed E-state index contributed by atoms with van der Waals surface area (Å²) in [6.45, 7) is 3.64. The zero-order valence-electron chi connectivity index (χ0n) is 17.6. The lowest BCUT2D eigenvalue weighted by Gasteiger charge is -2.17. The van der Waals surface area contributed by atoms with Crippen LogP contribution in [-0.2, 0) is 9.53 Å². The van der Waals surface area contributed by atoms with Gasteiger partial charge in [0.2, 0.25) is 0 Å². The quantitative estimate of drug-likeness (QED) is 0.175. The molecule has 4 aromatic rings. The second-order valence-electron chi connectivity index (χ2n) is 7.44. The normalized spacial score (nSPS) is 10.9. The van der Waals surface area contributed by atoms with E-state index >= 15 is 0 Å². The third kappa shape index (κ3) is 4.27. The Morgan fingerprint density at radius 2 is 1.34 bits per heavy atom. The van der Waals surface area contributed by atoms with Gasteiger partial charge in [-0.05, 0) is 77.2 Å². The Hall–Kier alpha value is -3.14. The van der Waals surface area contributed by atoms with E-state index in [4.69, 9.17) is 27.9 Å². The van der Waals surface area contributed by atoms with Gasteiger partial charge in [0.05, 0.1) is 6.61 Å². The number of hydrogen-bond donors (Lipinski definition) is 0. The van der Waals surface area contributed by atoms with Crippen molar-refractivity contribution in [1.82, 2.24) is 0 Å². The number of aryl methyl sites for hydroxylation is 1. The van der Waals surface area contributed by atoms with Crippen molar-refractivity contribution >= 4 is 45.7 Å². The summed E-state index contributed by atoms with van der Waals surface area (Å²) in [6.07, 6.45) is 0.